The molecule has 0 aromatic heterocycles. The summed E-state index contributed by atoms with van der Waals surface area (Å²) in [5.74, 6) is 0.244. The van der Waals surface area contributed by atoms with Crippen molar-refractivity contribution in [1.29, 1.82) is 0 Å². The molecule has 2 N–H and O–H groups in total. The van der Waals surface area contributed by atoms with Crippen LogP contribution in [0.2, 0.25) is 5.02 Å². The van der Waals surface area contributed by atoms with Crippen molar-refractivity contribution >= 4 is 23.3 Å². The van der Waals surface area contributed by atoms with Crippen LogP contribution in [0.5, 0.6) is 11.5 Å². The van der Waals surface area contributed by atoms with Gasteiger partial charge in [0.05, 0.1) is 14.2 Å². The van der Waals surface area contributed by atoms with Crippen molar-refractivity contribution in [1.82, 2.24) is 4.90 Å². The molecule has 2 aliphatic rings. The van der Waals surface area contributed by atoms with Crippen molar-refractivity contribution in [2.24, 2.45) is 17.6 Å². The highest BCUT2D eigenvalue weighted by Gasteiger charge is 2.35. The first-order valence-corrected chi connectivity index (χ1v) is 10.8. The number of ether oxygens (including phenoxy) is 2. The summed E-state index contributed by atoms with van der Waals surface area (Å²) >= 11 is 6.08. The number of hydrogen-bond donors (Lipinski definition) is 1. The lowest BCUT2D eigenvalue weighted by Gasteiger charge is -2.27. The minimum atomic E-state index is -0.484. The van der Waals surface area contributed by atoms with E-state index in [-0.39, 0.29) is 17.6 Å². The maximum absolute atomic E-state index is 13.1. The second-order valence-corrected chi connectivity index (χ2v) is 8.50. The van der Waals surface area contributed by atoms with Crippen LogP contribution in [0.1, 0.15) is 27.9 Å². The summed E-state index contributed by atoms with van der Waals surface area (Å²) in [5.41, 5.74) is 8.80. The average molecular weight is 453 g/mol. The van der Waals surface area contributed by atoms with Crippen LogP contribution in [0.15, 0.2) is 60.4 Å². The summed E-state index contributed by atoms with van der Waals surface area (Å²) in [5, 5.41) is 0.660. The predicted octanol–water partition coefficient (Wildman–Crippen LogP) is 4.12. The Morgan fingerprint density at radius 2 is 1.94 bits per heavy atom. The van der Waals surface area contributed by atoms with Gasteiger partial charge >= 0.3 is 0 Å². The van der Waals surface area contributed by atoms with Gasteiger partial charge in [-0.3, -0.25) is 9.59 Å². The van der Waals surface area contributed by atoms with Crippen LogP contribution >= 0.6 is 11.6 Å². The maximum Gasteiger partial charge on any atom is 0.246 e. The Kier molecular flexibility index (Phi) is 6.24. The Hall–Kier alpha value is -3.25. The summed E-state index contributed by atoms with van der Waals surface area (Å²) in [6.45, 7) is 0.563. The third-order valence-electron chi connectivity index (χ3n) is 6.00. The fraction of sp³-hybridized carbons (Fsp3) is 0.280. The molecule has 1 aliphatic carbocycles. The molecule has 6 nitrogen and oxygen atoms in total. The lowest BCUT2D eigenvalue weighted by molar-refractivity contribution is -0.115. The SMILES string of the molecule is COc1cc2c(cc1OC)C(=O)C(CC1C=CN(Cc3cccc(Cl)c3)C=C1C(N)=O)C2. The molecule has 1 amide bonds. The molecule has 166 valence electrons. The lowest BCUT2D eigenvalue weighted by atomic mass is 9.85. The van der Waals surface area contributed by atoms with Gasteiger partial charge < -0.3 is 20.1 Å². The molecule has 0 bridgehead atoms. The van der Waals surface area contributed by atoms with Crippen LogP contribution < -0.4 is 15.2 Å². The topological polar surface area (TPSA) is 81.9 Å². The normalized spacial score (nSPS) is 19.5. The highest BCUT2D eigenvalue weighted by Crippen LogP contribution is 2.39. The molecule has 2 aromatic rings. The Balaban J connectivity index is 1.51. The van der Waals surface area contributed by atoms with E-state index < -0.39 is 5.91 Å². The first-order valence-electron chi connectivity index (χ1n) is 10.4. The molecule has 0 fully saturated rings. The predicted molar refractivity (Wildman–Crippen MR) is 123 cm³/mol. The molecule has 0 saturated heterocycles. The van der Waals surface area contributed by atoms with E-state index in [1.54, 1.807) is 26.5 Å². The standard InChI is InChI=1S/C25H25ClN2O4/c1-31-22-11-17-10-18(24(29)20(17)12-23(22)32-2)9-16-6-7-28(14-21(16)25(27)30)13-15-4-3-5-19(26)8-15/h3-8,11-12,14,16,18H,9-10,13H2,1-2H3,(H2,27,30). The van der Waals surface area contributed by atoms with Gasteiger partial charge in [0.25, 0.3) is 0 Å². The molecule has 7 heteroatoms. The second kappa shape index (κ2) is 9.09. The molecule has 2 atom stereocenters. The Labute approximate surface area is 192 Å². The third-order valence-corrected chi connectivity index (χ3v) is 6.24. The molecule has 1 aliphatic heterocycles. The molecule has 2 aromatic carbocycles. The minimum absolute atomic E-state index is 0.0551. The van der Waals surface area contributed by atoms with E-state index in [0.717, 1.165) is 11.1 Å². The monoisotopic (exact) mass is 452 g/mol. The number of allylic oxidation sites excluding steroid dienone is 1. The quantitative estimate of drug-likeness (QED) is 0.683. The highest BCUT2D eigenvalue weighted by molar-refractivity contribution is 6.30. The zero-order valence-electron chi connectivity index (χ0n) is 18.0. The Morgan fingerprint density at radius 3 is 2.62 bits per heavy atom. The smallest absolute Gasteiger partial charge is 0.246 e. The van der Waals surface area contributed by atoms with Gasteiger partial charge in [0.15, 0.2) is 17.3 Å². The summed E-state index contributed by atoms with van der Waals surface area (Å²) in [6, 6.07) is 11.2. The molecule has 0 spiro atoms. The maximum atomic E-state index is 13.1. The van der Waals surface area contributed by atoms with Gasteiger partial charge in [-0.25, -0.2) is 0 Å². The van der Waals surface area contributed by atoms with Crippen LogP contribution in [-0.4, -0.2) is 30.8 Å². The lowest BCUT2D eigenvalue weighted by Crippen LogP contribution is -2.28. The van der Waals surface area contributed by atoms with Crippen molar-refractivity contribution in [3.63, 3.8) is 0 Å². The number of amides is 1. The van der Waals surface area contributed by atoms with E-state index in [1.807, 2.05) is 47.5 Å². The molecule has 1 heterocycles. The first-order chi connectivity index (χ1) is 15.4. The van der Waals surface area contributed by atoms with Gasteiger partial charge in [-0.2, -0.15) is 0 Å². The number of hydrogen-bond acceptors (Lipinski definition) is 5. The number of Topliss-reactive ketones (excluding diaryl/α,β-unsaturated/α-hetero) is 1. The van der Waals surface area contributed by atoms with E-state index in [4.69, 9.17) is 26.8 Å². The van der Waals surface area contributed by atoms with E-state index in [9.17, 15) is 9.59 Å². The second-order valence-electron chi connectivity index (χ2n) is 8.06. The van der Waals surface area contributed by atoms with Crippen LogP contribution in [-0.2, 0) is 17.8 Å². The number of carbonyl (C=O) groups is 2. The van der Waals surface area contributed by atoms with E-state index in [0.29, 0.717) is 47.0 Å². The van der Waals surface area contributed by atoms with Crippen LogP contribution in [0.4, 0.5) is 0 Å². The average Bonchev–Trinajstić information content (AvgIpc) is 3.08. The number of nitrogens with zero attached hydrogens (tertiary/aromatic N) is 1. The summed E-state index contributed by atoms with van der Waals surface area (Å²) in [6.07, 6.45) is 6.75. The fourth-order valence-electron chi connectivity index (χ4n) is 4.43. The molecular weight excluding hydrogens is 428 g/mol. The van der Waals surface area contributed by atoms with Crippen LogP contribution in [0.3, 0.4) is 0 Å². The number of benzene rings is 2. The third kappa shape index (κ3) is 4.36. The van der Waals surface area contributed by atoms with Crippen molar-refractivity contribution in [3.05, 3.63) is 82.2 Å². The zero-order valence-corrected chi connectivity index (χ0v) is 18.8. The van der Waals surface area contributed by atoms with Crippen molar-refractivity contribution in [2.45, 2.75) is 19.4 Å². The number of nitrogens with two attached hydrogens (primary N) is 1. The van der Waals surface area contributed by atoms with E-state index in [2.05, 4.69) is 0 Å². The van der Waals surface area contributed by atoms with Crippen molar-refractivity contribution in [2.75, 3.05) is 14.2 Å². The summed E-state index contributed by atoms with van der Waals surface area (Å²) < 4.78 is 10.7. The summed E-state index contributed by atoms with van der Waals surface area (Å²) in [4.78, 5) is 27.2. The number of halogens is 1. The molecule has 4 rings (SSSR count). The first kappa shape index (κ1) is 22.0. The minimum Gasteiger partial charge on any atom is -0.493 e. The van der Waals surface area contributed by atoms with Crippen LogP contribution in [0.25, 0.3) is 0 Å². The molecule has 0 radical (unpaired) electrons. The number of ketones is 1. The molecule has 2 unspecified atom stereocenters. The van der Waals surface area contributed by atoms with Gasteiger partial charge in [0.2, 0.25) is 5.91 Å². The number of fused-ring (bicyclic) bond motifs is 1. The number of methoxy groups -OCH3 is 2. The Morgan fingerprint density at radius 1 is 1.19 bits per heavy atom. The van der Waals surface area contributed by atoms with E-state index >= 15 is 0 Å². The van der Waals surface area contributed by atoms with Gasteiger partial charge in [-0.15, -0.1) is 0 Å². The molecule has 32 heavy (non-hydrogen) atoms. The molecular formula is C25H25ClN2O4. The van der Waals surface area contributed by atoms with E-state index in [1.165, 1.54) is 0 Å². The zero-order chi connectivity index (χ0) is 22.8. The van der Waals surface area contributed by atoms with Gasteiger partial charge in [-0.1, -0.05) is 29.8 Å². The van der Waals surface area contributed by atoms with Gasteiger partial charge in [0.1, 0.15) is 0 Å². The number of rotatable bonds is 7. The van der Waals surface area contributed by atoms with Crippen molar-refractivity contribution in [3.8, 4) is 11.5 Å². The van der Waals surface area contributed by atoms with Gasteiger partial charge in [-0.05, 0) is 48.2 Å². The largest absolute Gasteiger partial charge is 0.493 e. The van der Waals surface area contributed by atoms with Gasteiger partial charge in [0, 0.05) is 46.9 Å². The Bertz CT molecular complexity index is 1120. The summed E-state index contributed by atoms with van der Waals surface area (Å²) in [7, 11) is 3.12. The molecule has 0 saturated carbocycles. The number of carbonyl (C=O) groups excluding carboxylic acids is 2. The fourth-order valence-corrected chi connectivity index (χ4v) is 4.64. The number of primary amides is 1. The van der Waals surface area contributed by atoms with Crippen LogP contribution in [0, 0.1) is 11.8 Å². The highest BCUT2D eigenvalue weighted by atomic mass is 35.5. The van der Waals surface area contributed by atoms with Crippen molar-refractivity contribution < 1.29 is 19.1 Å².